The molecule has 0 amide bonds. The number of methoxy groups -OCH3 is 1. The second kappa shape index (κ2) is 3.44. The Balaban J connectivity index is 2.17. The van der Waals surface area contributed by atoms with Gasteiger partial charge in [-0.15, -0.1) is 0 Å². The maximum Gasteiger partial charge on any atom is 0.508 e. The summed E-state index contributed by atoms with van der Waals surface area (Å²) in [5.74, 6) is 0. The van der Waals surface area contributed by atoms with E-state index < -0.39 is 6.16 Å². The van der Waals surface area contributed by atoms with Gasteiger partial charge in [0.25, 0.3) is 0 Å². The van der Waals surface area contributed by atoms with E-state index in [1.54, 1.807) is 0 Å². The lowest BCUT2D eigenvalue weighted by atomic mass is 10.3. The molecule has 1 rings (SSSR count). The Hall–Kier alpha value is -0.730. The smallest absolute Gasteiger partial charge is 0.438 e. The fourth-order valence-electron chi connectivity index (χ4n) is 1.19. The number of hydrogen-bond acceptors (Lipinski definition) is 3. The summed E-state index contributed by atoms with van der Waals surface area (Å²) >= 11 is 0. The van der Waals surface area contributed by atoms with E-state index in [-0.39, 0.29) is 6.10 Å². The second-order valence-electron chi connectivity index (χ2n) is 2.48. The van der Waals surface area contributed by atoms with E-state index in [0.717, 1.165) is 12.8 Å². The summed E-state index contributed by atoms with van der Waals surface area (Å²) in [4.78, 5) is 10.5. The zero-order valence-corrected chi connectivity index (χ0v) is 6.13. The molecule has 0 aromatic rings. The molecule has 58 valence electrons. The van der Waals surface area contributed by atoms with Gasteiger partial charge in [0, 0.05) is 0 Å². The Morgan fingerprint density at radius 1 is 1.40 bits per heavy atom. The van der Waals surface area contributed by atoms with Gasteiger partial charge in [-0.2, -0.15) is 0 Å². The standard InChI is InChI=1S/C7H12O3/c1-9-7(8)10-6-4-2-3-5-6/h6H,2-5H2,1H3. The van der Waals surface area contributed by atoms with Crippen LogP contribution in [-0.4, -0.2) is 19.4 Å². The van der Waals surface area contributed by atoms with E-state index in [1.165, 1.54) is 20.0 Å². The Morgan fingerprint density at radius 2 is 2.00 bits per heavy atom. The summed E-state index contributed by atoms with van der Waals surface area (Å²) in [6.45, 7) is 0. The van der Waals surface area contributed by atoms with E-state index >= 15 is 0 Å². The maximum absolute atomic E-state index is 10.5. The average molecular weight is 144 g/mol. The van der Waals surface area contributed by atoms with E-state index in [2.05, 4.69) is 4.74 Å². The molecule has 0 aromatic carbocycles. The van der Waals surface area contributed by atoms with Crippen LogP contribution in [0.3, 0.4) is 0 Å². The van der Waals surface area contributed by atoms with Crippen molar-refractivity contribution in [3.8, 4) is 0 Å². The first-order chi connectivity index (χ1) is 4.83. The van der Waals surface area contributed by atoms with Gasteiger partial charge in [0.1, 0.15) is 6.10 Å². The fraction of sp³-hybridized carbons (Fsp3) is 0.857. The molecule has 0 radical (unpaired) electrons. The first-order valence-corrected chi connectivity index (χ1v) is 3.57. The predicted octanol–water partition coefficient (Wildman–Crippen LogP) is 1.71. The minimum absolute atomic E-state index is 0.118. The minimum Gasteiger partial charge on any atom is -0.438 e. The third-order valence-electron chi connectivity index (χ3n) is 1.73. The normalized spacial score (nSPS) is 18.9. The van der Waals surface area contributed by atoms with E-state index in [4.69, 9.17) is 4.74 Å². The van der Waals surface area contributed by atoms with Crippen molar-refractivity contribution in [1.29, 1.82) is 0 Å². The molecule has 0 spiro atoms. The maximum atomic E-state index is 10.5. The summed E-state index contributed by atoms with van der Waals surface area (Å²) < 4.78 is 9.25. The van der Waals surface area contributed by atoms with Crippen LogP contribution in [0.1, 0.15) is 25.7 Å². The van der Waals surface area contributed by atoms with Crippen LogP contribution in [0.25, 0.3) is 0 Å². The highest BCUT2D eigenvalue weighted by Gasteiger charge is 2.18. The lowest BCUT2D eigenvalue weighted by molar-refractivity contribution is 0.0396. The Morgan fingerprint density at radius 3 is 2.50 bits per heavy atom. The van der Waals surface area contributed by atoms with Crippen LogP contribution in [0.4, 0.5) is 4.79 Å². The molecule has 1 saturated carbocycles. The lowest BCUT2D eigenvalue weighted by Crippen LogP contribution is -2.13. The van der Waals surface area contributed by atoms with Crippen LogP contribution >= 0.6 is 0 Å². The summed E-state index contributed by atoms with van der Waals surface area (Å²) in [6, 6.07) is 0. The summed E-state index contributed by atoms with van der Waals surface area (Å²) in [6.07, 6.45) is 3.90. The molecule has 3 nitrogen and oxygen atoms in total. The Labute approximate surface area is 60.3 Å². The average Bonchev–Trinajstić information content (AvgIpc) is 2.40. The second-order valence-corrected chi connectivity index (χ2v) is 2.48. The minimum atomic E-state index is -0.549. The largest absolute Gasteiger partial charge is 0.508 e. The third kappa shape index (κ3) is 1.90. The highest BCUT2D eigenvalue weighted by Crippen LogP contribution is 2.20. The van der Waals surface area contributed by atoms with Crippen molar-refractivity contribution < 1.29 is 14.3 Å². The van der Waals surface area contributed by atoms with Crippen molar-refractivity contribution in [2.45, 2.75) is 31.8 Å². The van der Waals surface area contributed by atoms with E-state index in [0.29, 0.717) is 0 Å². The van der Waals surface area contributed by atoms with Crippen LogP contribution in [0.2, 0.25) is 0 Å². The SMILES string of the molecule is COC(=O)OC1CCCC1. The summed E-state index contributed by atoms with van der Waals surface area (Å²) in [5.41, 5.74) is 0. The highest BCUT2D eigenvalue weighted by atomic mass is 16.7. The summed E-state index contributed by atoms with van der Waals surface area (Å²) in [5, 5.41) is 0. The molecule has 0 atom stereocenters. The molecule has 0 saturated heterocycles. The van der Waals surface area contributed by atoms with Gasteiger partial charge in [-0.05, 0) is 25.7 Å². The monoisotopic (exact) mass is 144 g/mol. The molecular weight excluding hydrogens is 132 g/mol. The fourth-order valence-corrected chi connectivity index (χ4v) is 1.19. The molecular formula is C7H12O3. The van der Waals surface area contributed by atoms with Crippen LogP contribution in [0, 0.1) is 0 Å². The topological polar surface area (TPSA) is 35.5 Å². The van der Waals surface area contributed by atoms with Crippen molar-refractivity contribution in [2.24, 2.45) is 0 Å². The number of carbonyl (C=O) groups excluding carboxylic acids is 1. The molecule has 1 fully saturated rings. The molecule has 0 heterocycles. The third-order valence-corrected chi connectivity index (χ3v) is 1.73. The van der Waals surface area contributed by atoms with Gasteiger partial charge >= 0.3 is 6.16 Å². The zero-order valence-electron chi connectivity index (χ0n) is 6.13. The van der Waals surface area contributed by atoms with Crippen LogP contribution < -0.4 is 0 Å². The number of rotatable bonds is 1. The van der Waals surface area contributed by atoms with Gasteiger partial charge in [0.15, 0.2) is 0 Å². The zero-order chi connectivity index (χ0) is 7.40. The van der Waals surface area contributed by atoms with Crippen LogP contribution in [-0.2, 0) is 9.47 Å². The van der Waals surface area contributed by atoms with Gasteiger partial charge in [0.05, 0.1) is 7.11 Å². The van der Waals surface area contributed by atoms with Crippen molar-refractivity contribution in [3.63, 3.8) is 0 Å². The van der Waals surface area contributed by atoms with Crippen molar-refractivity contribution in [2.75, 3.05) is 7.11 Å². The number of ether oxygens (including phenoxy) is 2. The number of carbonyl (C=O) groups is 1. The van der Waals surface area contributed by atoms with E-state index in [1.807, 2.05) is 0 Å². The summed E-state index contributed by atoms with van der Waals surface area (Å²) in [7, 11) is 1.33. The Kier molecular flexibility index (Phi) is 2.54. The quantitative estimate of drug-likeness (QED) is 0.525. The van der Waals surface area contributed by atoms with E-state index in [9.17, 15) is 4.79 Å². The first-order valence-electron chi connectivity index (χ1n) is 3.57. The van der Waals surface area contributed by atoms with Gasteiger partial charge < -0.3 is 9.47 Å². The van der Waals surface area contributed by atoms with Crippen molar-refractivity contribution in [1.82, 2.24) is 0 Å². The highest BCUT2D eigenvalue weighted by molar-refractivity contribution is 5.59. The molecule has 0 aliphatic heterocycles. The molecule has 0 unspecified atom stereocenters. The molecule has 0 aromatic heterocycles. The molecule has 3 heteroatoms. The van der Waals surface area contributed by atoms with Crippen LogP contribution in [0.5, 0.6) is 0 Å². The molecule has 1 aliphatic rings. The molecule has 0 bridgehead atoms. The van der Waals surface area contributed by atoms with Gasteiger partial charge in [-0.25, -0.2) is 4.79 Å². The molecule has 1 aliphatic carbocycles. The van der Waals surface area contributed by atoms with Crippen LogP contribution in [0.15, 0.2) is 0 Å². The first kappa shape index (κ1) is 7.38. The van der Waals surface area contributed by atoms with Gasteiger partial charge in [-0.3, -0.25) is 0 Å². The number of hydrogen-bond donors (Lipinski definition) is 0. The van der Waals surface area contributed by atoms with Crippen molar-refractivity contribution >= 4 is 6.16 Å². The van der Waals surface area contributed by atoms with Gasteiger partial charge in [0.2, 0.25) is 0 Å². The predicted molar refractivity (Wildman–Crippen MR) is 35.7 cm³/mol. The van der Waals surface area contributed by atoms with Crippen molar-refractivity contribution in [3.05, 3.63) is 0 Å². The lowest BCUT2D eigenvalue weighted by Gasteiger charge is -2.08. The molecule has 0 N–H and O–H groups in total. The Bertz CT molecular complexity index is 116. The molecule has 10 heavy (non-hydrogen) atoms. The van der Waals surface area contributed by atoms with Gasteiger partial charge in [-0.1, -0.05) is 0 Å².